The van der Waals surface area contributed by atoms with Crippen molar-refractivity contribution in [1.29, 1.82) is 0 Å². The summed E-state index contributed by atoms with van der Waals surface area (Å²) in [4.78, 5) is 27.6. The van der Waals surface area contributed by atoms with Crippen molar-refractivity contribution in [3.05, 3.63) is 35.2 Å². The molecule has 1 aromatic rings. The average Bonchev–Trinajstić information content (AvgIpc) is 3.05. The molecule has 148 valence electrons. The number of hydrogen-bond donors (Lipinski definition) is 1. The van der Waals surface area contributed by atoms with E-state index in [1.165, 1.54) is 12.8 Å². The van der Waals surface area contributed by atoms with Gasteiger partial charge in [0.1, 0.15) is 0 Å². The van der Waals surface area contributed by atoms with Gasteiger partial charge in [0.25, 0.3) is 5.91 Å². The summed E-state index contributed by atoms with van der Waals surface area (Å²) in [5.74, 6) is 0.135. The molecule has 0 spiro atoms. The number of carbonyl (C=O) groups is 2. The van der Waals surface area contributed by atoms with Crippen molar-refractivity contribution in [2.24, 2.45) is 0 Å². The predicted molar refractivity (Wildman–Crippen MR) is 108 cm³/mol. The van der Waals surface area contributed by atoms with E-state index in [2.05, 4.69) is 36.7 Å². The molecule has 1 saturated heterocycles. The number of nitrogens with zero attached hydrogens (tertiary/aromatic N) is 2. The van der Waals surface area contributed by atoms with Gasteiger partial charge in [-0.25, -0.2) is 0 Å². The molecule has 2 aliphatic rings. The van der Waals surface area contributed by atoms with Crippen molar-refractivity contribution in [2.45, 2.75) is 84.3 Å². The lowest BCUT2D eigenvalue weighted by Crippen LogP contribution is -2.39. The Morgan fingerprint density at radius 1 is 1.22 bits per heavy atom. The molecular weight excluding hydrogens is 338 g/mol. The van der Waals surface area contributed by atoms with E-state index in [1.54, 1.807) is 0 Å². The Morgan fingerprint density at radius 3 is 2.70 bits per heavy atom. The molecule has 0 bridgehead atoms. The van der Waals surface area contributed by atoms with Crippen molar-refractivity contribution >= 4 is 11.8 Å². The lowest BCUT2D eigenvalue weighted by molar-refractivity contribution is -0.118. The van der Waals surface area contributed by atoms with E-state index < -0.39 is 0 Å². The van der Waals surface area contributed by atoms with Gasteiger partial charge in [0.2, 0.25) is 5.91 Å². The largest absolute Gasteiger partial charge is 0.348 e. The minimum atomic E-state index is 0.0353. The number of likely N-dealkylation sites (tertiary alicyclic amines) is 1. The van der Waals surface area contributed by atoms with Gasteiger partial charge in [-0.3, -0.25) is 9.59 Å². The molecule has 2 heterocycles. The van der Waals surface area contributed by atoms with Crippen LogP contribution in [0.2, 0.25) is 0 Å². The predicted octanol–water partition coefficient (Wildman–Crippen LogP) is 3.99. The quantitative estimate of drug-likeness (QED) is 0.870. The molecule has 27 heavy (non-hydrogen) atoms. The maximum Gasteiger partial charge on any atom is 0.255 e. The van der Waals surface area contributed by atoms with E-state index in [0.717, 1.165) is 42.5 Å². The first-order chi connectivity index (χ1) is 12.9. The molecule has 0 saturated carbocycles. The van der Waals surface area contributed by atoms with Gasteiger partial charge in [0, 0.05) is 42.1 Å². The zero-order valence-electron chi connectivity index (χ0n) is 17.1. The SMILES string of the molecule is Cc1c(C(=O)N2CC(NC(=O)C3=CCCCCC3)CC2C)ccn1C(C)C. The first kappa shape index (κ1) is 19.7. The van der Waals surface area contributed by atoms with Crippen LogP contribution in [0, 0.1) is 6.92 Å². The Labute approximate surface area is 162 Å². The van der Waals surface area contributed by atoms with E-state index in [0.29, 0.717) is 12.6 Å². The van der Waals surface area contributed by atoms with E-state index in [4.69, 9.17) is 0 Å². The molecule has 1 aromatic heterocycles. The van der Waals surface area contributed by atoms with Crippen LogP contribution in [0.5, 0.6) is 0 Å². The van der Waals surface area contributed by atoms with E-state index >= 15 is 0 Å². The first-order valence-electron chi connectivity index (χ1n) is 10.4. The first-order valence-corrected chi connectivity index (χ1v) is 10.4. The molecule has 2 atom stereocenters. The highest BCUT2D eigenvalue weighted by Crippen LogP contribution is 2.24. The number of aromatic nitrogens is 1. The highest BCUT2D eigenvalue weighted by atomic mass is 16.2. The maximum absolute atomic E-state index is 13.1. The lowest BCUT2D eigenvalue weighted by Gasteiger charge is -2.22. The Morgan fingerprint density at radius 2 is 2.00 bits per heavy atom. The van der Waals surface area contributed by atoms with Crippen molar-refractivity contribution in [2.75, 3.05) is 6.54 Å². The van der Waals surface area contributed by atoms with Gasteiger partial charge < -0.3 is 14.8 Å². The second-order valence-electron chi connectivity index (χ2n) is 8.36. The van der Waals surface area contributed by atoms with Crippen LogP contribution in [-0.4, -0.2) is 39.9 Å². The normalized spacial score (nSPS) is 23.3. The lowest BCUT2D eigenvalue weighted by atomic mass is 10.1. The summed E-state index contributed by atoms with van der Waals surface area (Å²) in [6, 6.07) is 2.43. The van der Waals surface area contributed by atoms with Crippen molar-refractivity contribution < 1.29 is 9.59 Å². The molecular formula is C22H33N3O2. The standard InChI is InChI=1S/C22H33N3O2/c1-15(2)24-12-11-20(17(24)4)22(27)25-14-19(13-16(25)3)23-21(26)18-9-7-5-6-8-10-18/h9,11-12,15-16,19H,5-8,10,13-14H2,1-4H3,(H,23,26). The van der Waals surface area contributed by atoms with Crippen molar-refractivity contribution in [1.82, 2.24) is 14.8 Å². The number of nitrogens with one attached hydrogen (secondary N) is 1. The van der Waals surface area contributed by atoms with Gasteiger partial charge >= 0.3 is 0 Å². The molecule has 1 N–H and O–H groups in total. The zero-order valence-corrected chi connectivity index (χ0v) is 17.1. The third-order valence-corrected chi connectivity index (χ3v) is 5.97. The second-order valence-corrected chi connectivity index (χ2v) is 8.36. The minimum Gasteiger partial charge on any atom is -0.348 e. The summed E-state index contributed by atoms with van der Waals surface area (Å²) < 4.78 is 2.13. The van der Waals surface area contributed by atoms with Crippen LogP contribution in [-0.2, 0) is 4.79 Å². The van der Waals surface area contributed by atoms with E-state index in [9.17, 15) is 9.59 Å². The highest BCUT2D eigenvalue weighted by Gasteiger charge is 2.35. The molecule has 2 amide bonds. The topological polar surface area (TPSA) is 54.3 Å². The third-order valence-electron chi connectivity index (χ3n) is 5.97. The molecule has 5 heteroatoms. The summed E-state index contributed by atoms with van der Waals surface area (Å²) in [7, 11) is 0. The molecule has 5 nitrogen and oxygen atoms in total. The zero-order chi connectivity index (χ0) is 19.6. The minimum absolute atomic E-state index is 0.0353. The molecule has 1 aliphatic heterocycles. The van der Waals surface area contributed by atoms with Gasteiger partial charge in [-0.1, -0.05) is 12.5 Å². The van der Waals surface area contributed by atoms with Crippen LogP contribution >= 0.6 is 0 Å². The average molecular weight is 372 g/mol. The molecule has 2 unspecified atom stereocenters. The molecule has 1 fully saturated rings. The fraction of sp³-hybridized carbons (Fsp3) is 0.636. The highest BCUT2D eigenvalue weighted by molar-refractivity contribution is 5.96. The third kappa shape index (κ3) is 4.28. The van der Waals surface area contributed by atoms with E-state index in [1.807, 2.05) is 24.1 Å². The van der Waals surface area contributed by atoms with Gasteiger partial charge in [0.15, 0.2) is 0 Å². The van der Waals surface area contributed by atoms with Crippen LogP contribution < -0.4 is 5.32 Å². The summed E-state index contributed by atoms with van der Waals surface area (Å²) in [5, 5.41) is 3.17. The van der Waals surface area contributed by atoms with Gasteiger partial charge in [0.05, 0.1) is 5.56 Å². The van der Waals surface area contributed by atoms with Crippen LogP contribution in [0.1, 0.15) is 81.4 Å². The van der Waals surface area contributed by atoms with Crippen molar-refractivity contribution in [3.8, 4) is 0 Å². The Hall–Kier alpha value is -2.04. The van der Waals surface area contributed by atoms with Crippen LogP contribution in [0.25, 0.3) is 0 Å². The Bertz CT molecular complexity index is 732. The fourth-order valence-corrected chi connectivity index (χ4v) is 4.38. The molecule has 1 aliphatic carbocycles. The number of carbonyl (C=O) groups excluding carboxylic acids is 2. The van der Waals surface area contributed by atoms with Crippen molar-refractivity contribution in [3.63, 3.8) is 0 Å². The van der Waals surface area contributed by atoms with Gasteiger partial charge in [-0.15, -0.1) is 0 Å². The summed E-state index contributed by atoms with van der Waals surface area (Å²) in [6.45, 7) is 8.90. The van der Waals surface area contributed by atoms with Gasteiger partial charge in [-0.05, 0) is 65.9 Å². The Balaban J connectivity index is 1.65. The van der Waals surface area contributed by atoms with Crippen LogP contribution in [0.3, 0.4) is 0 Å². The van der Waals surface area contributed by atoms with Crippen LogP contribution in [0.15, 0.2) is 23.9 Å². The molecule has 0 radical (unpaired) electrons. The fourth-order valence-electron chi connectivity index (χ4n) is 4.38. The van der Waals surface area contributed by atoms with E-state index in [-0.39, 0.29) is 23.9 Å². The number of rotatable bonds is 4. The number of allylic oxidation sites excluding steroid dienone is 1. The molecule has 0 aromatic carbocycles. The summed E-state index contributed by atoms with van der Waals surface area (Å²) in [6.07, 6.45) is 10.2. The summed E-state index contributed by atoms with van der Waals surface area (Å²) in [5.41, 5.74) is 2.71. The smallest absolute Gasteiger partial charge is 0.255 e. The van der Waals surface area contributed by atoms with Gasteiger partial charge in [-0.2, -0.15) is 0 Å². The maximum atomic E-state index is 13.1. The monoisotopic (exact) mass is 371 g/mol. The van der Waals surface area contributed by atoms with Crippen LogP contribution in [0.4, 0.5) is 0 Å². The second kappa shape index (κ2) is 8.32. The summed E-state index contributed by atoms with van der Waals surface area (Å²) >= 11 is 0. The Kier molecular flexibility index (Phi) is 6.08. The molecule has 3 rings (SSSR count). The number of amides is 2. The number of hydrogen-bond acceptors (Lipinski definition) is 2.